The lowest BCUT2D eigenvalue weighted by Crippen LogP contribution is -2.51. The fraction of sp³-hybridized carbons (Fsp3) is 0.828. The number of hydrogen-bond donors (Lipinski definition) is 1. The van der Waals surface area contributed by atoms with E-state index >= 15 is 0 Å². The molecular weight excluding hydrogens is 775 g/mol. The molecule has 5 nitrogen and oxygen atoms in total. The van der Waals surface area contributed by atoms with E-state index < -0.39 is 0 Å². The number of aliphatic imine (C=N–C) groups is 1. The predicted octanol–water partition coefficient (Wildman–Crippen LogP) is 17.0. The van der Waals surface area contributed by atoms with E-state index in [9.17, 15) is 9.90 Å². The number of carbonyl (C=O) groups excluding carboxylic acids is 1. The summed E-state index contributed by atoms with van der Waals surface area (Å²) in [6.45, 7) is 16.3. The molecule has 63 heavy (non-hydrogen) atoms. The molecule has 0 radical (unpaired) electrons. The number of rotatable bonds is 31. The molecule has 5 rings (SSSR count). The summed E-state index contributed by atoms with van der Waals surface area (Å²) in [5.74, 6) is 6.04. The van der Waals surface area contributed by atoms with Crippen molar-refractivity contribution in [3.63, 3.8) is 0 Å². The molecular formula is C58H97NO4. The van der Waals surface area contributed by atoms with Crippen LogP contribution in [0.4, 0.5) is 0 Å². The summed E-state index contributed by atoms with van der Waals surface area (Å²) in [4.78, 5) is 17.5. The van der Waals surface area contributed by atoms with E-state index in [0.717, 1.165) is 99.0 Å². The summed E-state index contributed by atoms with van der Waals surface area (Å²) in [5.41, 5.74) is 3.18. The Kier molecular flexibility index (Phi) is 22.4. The van der Waals surface area contributed by atoms with E-state index in [1.54, 1.807) is 17.9 Å². The number of hydrogen-bond acceptors (Lipinski definition) is 5. The average Bonchev–Trinajstić information content (AvgIpc) is 3.62. The summed E-state index contributed by atoms with van der Waals surface area (Å²) >= 11 is 0. The molecule has 0 saturated heterocycles. The Morgan fingerprint density at radius 2 is 1.44 bits per heavy atom. The molecule has 8 atom stereocenters. The van der Waals surface area contributed by atoms with Gasteiger partial charge in [0.05, 0.1) is 6.61 Å². The second-order valence-corrected chi connectivity index (χ2v) is 22.4. The van der Waals surface area contributed by atoms with Crippen LogP contribution in [0.3, 0.4) is 0 Å². The molecule has 0 aromatic heterocycles. The Morgan fingerprint density at radius 3 is 2.13 bits per heavy atom. The van der Waals surface area contributed by atoms with E-state index in [1.807, 2.05) is 12.1 Å². The minimum Gasteiger partial charge on any atom is -0.507 e. The minimum absolute atomic E-state index is 0.00252. The number of nitrogens with zero attached hydrogens (tertiary/aromatic N) is 1. The van der Waals surface area contributed by atoms with Crippen LogP contribution in [0.5, 0.6) is 11.5 Å². The highest BCUT2D eigenvalue weighted by molar-refractivity contribution is 5.83. The number of unbranched alkanes of at least 4 members (excludes halogenated alkanes) is 17. The van der Waals surface area contributed by atoms with Crippen molar-refractivity contribution < 1.29 is 19.4 Å². The zero-order valence-electron chi connectivity index (χ0n) is 41.9. The van der Waals surface area contributed by atoms with Crippen LogP contribution in [-0.4, -0.2) is 36.5 Å². The molecule has 4 aliphatic rings. The molecule has 0 spiro atoms. The Labute approximate surface area is 388 Å². The number of ether oxygens (including phenoxy) is 2. The van der Waals surface area contributed by atoms with Gasteiger partial charge in [-0.1, -0.05) is 175 Å². The molecule has 1 aromatic rings. The number of carbonyl (C=O) groups is 1. The summed E-state index contributed by atoms with van der Waals surface area (Å²) in [7, 11) is 0. The summed E-state index contributed by atoms with van der Waals surface area (Å²) in [6, 6.07) is 5.54. The van der Waals surface area contributed by atoms with Crippen molar-refractivity contribution in [1.82, 2.24) is 0 Å². The summed E-state index contributed by atoms with van der Waals surface area (Å²) in [6.07, 6.45) is 43.4. The molecule has 1 N–H and O–H groups in total. The topological polar surface area (TPSA) is 68.1 Å². The lowest BCUT2D eigenvalue weighted by atomic mass is 9.47. The molecule has 0 amide bonds. The van der Waals surface area contributed by atoms with E-state index in [4.69, 9.17) is 9.47 Å². The molecule has 0 unspecified atom stereocenters. The molecule has 3 fully saturated rings. The van der Waals surface area contributed by atoms with Gasteiger partial charge < -0.3 is 14.6 Å². The van der Waals surface area contributed by atoms with Crippen LogP contribution in [0.15, 0.2) is 34.8 Å². The van der Waals surface area contributed by atoms with Gasteiger partial charge in [-0.15, -0.1) is 0 Å². The average molecular weight is 872 g/mol. The van der Waals surface area contributed by atoms with Gasteiger partial charge in [-0.2, -0.15) is 0 Å². The number of phenolic OH excluding ortho intramolecular Hbond substituents is 1. The number of benzene rings is 1. The maximum absolute atomic E-state index is 13.0. The van der Waals surface area contributed by atoms with Crippen molar-refractivity contribution >= 4 is 12.2 Å². The molecule has 0 heterocycles. The number of phenols is 1. The van der Waals surface area contributed by atoms with Crippen molar-refractivity contribution in [2.24, 2.45) is 51.3 Å². The van der Waals surface area contributed by atoms with Gasteiger partial charge in [0.1, 0.15) is 17.6 Å². The third kappa shape index (κ3) is 15.9. The van der Waals surface area contributed by atoms with E-state index in [-0.39, 0.29) is 17.8 Å². The van der Waals surface area contributed by atoms with E-state index in [2.05, 4.69) is 52.6 Å². The molecule has 0 bridgehead atoms. The van der Waals surface area contributed by atoms with Crippen LogP contribution in [0, 0.1) is 46.3 Å². The van der Waals surface area contributed by atoms with Crippen LogP contribution in [0.25, 0.3) is 0 Å². The second kappa shape index (κ2) is 27.4. The van der Waals surface area contributed by atoms with Crippen molar-refractivity contribution in [2.75, 3.05) is 13.2 Å². The Morgan fingerprint density at radius 1 is 0.778 bits per heavy atom. The first-order valence-electron chi connectivity index (χ1n) is 27.4. The molecule has 3 saturated carbocycles. The van der Waals surface area contributed by atoms with Crippen LogP contribution >= 0.6 is 0 Å². The van der Waals surface area contributed by atoms with Crippen LogP contribution in [0.2, 0.25) is 0 Å². The highest BCUT2D eigenvalue weighted by atomic mass is 16.5. The Hall–Kier alpha value is -2.30. The predicted molar refractivity (Wildman–Crippen MR) is 267 cm³/mol. The van der Waals surface area contributed by atoms with Crippen LogP contribution in [-0.2, 0) is 9.53 Å². The highest BCUT2D eigenvalue weighted by Gasteiger charge is 2.59. The van der Waals surface area contributed by atoms with Gasteiger partial charge in [0.25, 0.3) is 0 Å². The smallest absolute Gasteiger partial charge is 0.306 e. The van der Waals surface area contributed by atoms with Crippen molar-refractivity contribution in [2.45, 2.75) is 247 Å². The van der Waals surface area contributed by atoms with Gasteiger partial charge in [-0.3, -0.25) is 9.79 Å². The summed E-state index contributed by atoms with van der Waals surface area (Å²) < 4.78 is 12.1. The maximum Gasteiger partial charge on any atom is 0.306 e. The third-order valence-electron chi connectivity index (χ3n) is 17.2. The second-order valence-electron chi connectivity index (χ2n) is 22.4. The Bertz CT molecular complexity index is 1520. The molecule has 4 aliphatic carbocycles. The molecule has 1 aromatic carbocycles. The first kappa shape index (κ1) is 51.7. The van der Waals surface area contributed by atoms with Gasteiger partial charge in [0.2, 0.25) is 0 Å². The largest absolute Gasteiger partial charge is 0.507 e. The summed E-state index contributed by atoms with van der Waals surface area (Å²) in [5, 5.41) is 10.5. The molecule has 5 heteroatoms. The fourth-order valence-corrected chi connectivity index (χ4v) is 13.4. The Balaban J connectivity index is 0.874. The first-order chi connectivity index (χ1) is 30.5. The lowest BCUT2D eigenvalue weighted by molar-refractivity contribution is -0.151. The normalized spacial score (nSPS) is 27.2. The van der Waals surface area contributed by atoms with Crippen molar-refractivity contribution in [1.29, 1.82) is 0 Å². The molecule has 0 aliphatic heterocycles. The van der Waals surface area contributed by atoms with Gasteiger partial charge in [0.15, 0.2) is 0 Å². The number of allylic oxidation sites excluding steroid dienone is 1. The lowest BCUT2D eigenvalue weighted by Gasteiger charge is -2.58. The van der Waals surface area contributed by atoms with E-state index in [0.29, 0.717) is 29.6 Å². The quantitative estimate of drug-likeness (QED) is 0.0349. The van der Waals surface area contributed by atoms with Gasteiger partial charge in [-0.05, 0) is 123 Å². The highest BCUT2D eigenvalue weighted by Crippen LogP contribution is 2.67. The third-order valence-corrected chi connectivity index (χ3v) is 17.2. The van der Waals surface area contributed by atoms with Crippen molar-refractivity contribution in [3.8, 4) is 11.5 Å². The first-order valence-corrected chi connectivity index (χ1v) is 27.4. The van der Waals surface area contributed by atoms with Crippen molar-refractivity contribution in [3.05, 3.63) is 35.4 Å². The number of esters is 1. The minimum atomic E-state index is -0.00252. The zero-order valence-corrected chi connectivity index (χ0v) is 41.9. The van der Waals surface area contributed by atoms with Gasteiger partial charge >= 0.3 is 5.97 Å². The standard InChI is InChI=1S/C58H97NO4/c1-7-8-9-10-11-12-13-14-15-16-17-18-21-24-40-59-44-47-30-32-49(43-55(47)60)62-41-25-22-19-20-23-29-56(61)63-50-36-38-57(5)48(42-50)31-33-51-53-35-34-52(46(4)28-26-27-45(2)3)58(53,6)39-37-54(51)57/h30-32,43-46,50-54,60H,7-29,33-42H2,1-6H3/t46-,50+,51+,52-,53+,54+,57+,58-/m1/s1. The van der Waals surface area contributed by atoms with Crippen LogP contribution in [0.1, 0.15) is 246 Å². The molecule has 358 valence electrons. The number of fused-ring (bicyclic) bond motifs is 5. The fourth-order valence-electron chi connectivity index (χ4n) is 13.4. The van der Waals surface area contributed by atoms with Gasteiger partial charge in [-0.25, -0.2) is 0 Å². The van der Waals surface area contributed by atoms with Gasteiger partial charge in [0, 0.05) is 37.2 Å². The van der Waals surface area contributed by atoms with E-state index in [1.165, 1.54) is 141 Å². The number of aromatic hydroxyl groups is 1. The maximum atomic E-state index is 13.0. The SMILES string of the molecule is CCCCCCCCCCCCCCCCN=Cc1ccc(OCCCCCCCC(=O)O[C@H]2CC[C@@]3(C)C(=CC[C@H]4[C@@H]5CC[C@H]([C@H](C)CCCC(C)C)[C@@]5(C)CC[C@@H]43)C2)cc1O. The van der Waals surface area contributed by atoms with Crippen LogP contribution < -0.4 is 4.74 Å². The zero-order chi connectivity index (χ0) is 44.9. The monoisotopic (exact) mass is 872 g/mol.